The summed E-state index contributed by atoms with van der Waals surface area (Å²) in [6.07, 6.45) is 1.61. The number of ether oxygens (including phenoxy) is 1. The van der Waals surface area contributed by atoms with E-state index in [2.05, 4.69) is 63.4 Å². The number of carbonyl (C=O) groups excluding carboxylic acids is 2. The number of hydrogen-bond donors (Lipinski definition) is 2. The van der Waals surface area contributed by atoms with Crippen LogP contribution in [0.4, 0.5) is 10.8 Å². The van der Waals surface area contributed by atoms with Crippen LogP contribution in [0.3, 0.4) is 0 Å². The largest absolute Gasteiger partial charge is 0.481 e. The lowest BCUT2D eigenvalue weighted by Gasteiger charge is -2.11. The number of halogens is 3. The van der Waals surface area contributed by atoms with Gasteiger partial charge in [0.15, 0.2) is 11.7 Å². The maximum absolute atomic E-state index is 12.3. The molecule has 0 radical (unpaired) electrons. The summed E-state index contributed by atoms with van der Waals surface area (Å²) in [4.78, 5) is 28.5. The lowest BCUT2D eigenvalue weighted by Crippen LogP contribution is -2.21. The Morgan fingerprint density at radius 2 is 1.82 bits per heavy atom. The predicted molar refractivity (Wildman–Crippen MR) is 120 cm³/mol. The Labute approximate surface area is 190 Å². The lowest BCUT2D eigenvalue weighted by molar-refractivity contribution is -0.118. The Hall–Kier alpha value is -1.75. The van der Waals surface area contributed by atoms with Gasteiger partial charge >= 0.3 is 0 Å². The van der Waals surface area contributed by atoms with Gasteiger partial charge in [0.25, 0.3) is 11.8 Å². The van der Waals surface area contributed by atoms with Gasteiger partial charge in [0.05, 0.1) is 8.95 Å². The number of thiazole rings is 1. The summed E-state index contributed by atoms with van der Waals surface area (Å²) in [5, 5.41) is 7.70. The normalized spacial score (nSPS) is 10.4. The van der Waals surface area contributed by atoms with Crippen LogP contribution in [-0.2, 0) is 4.79 Å². The molecular formula is C18H12Br3N3O3S. The lowest BCUT2D eigenvalue weighted by atomic mass is 10.2. The molecule has 0 spiro atoms. The molecule has 0 atom stereocenters. The number of nitrogens with zero attached hydrogens (tertiary/aromatic N) is 1. The number of nitrogens with one attached hydrogen (secondary N) is 2. The molecule has 3 aromatic rings. The van der Waals surface area contributed by atoms with E-state index in [1.807, 2.05) is 12.1 Å². The molecule has 2 aromatic carbocycles. The zero-order valence-electron chi connectivity index (χ0n) is 14.0. The fraction of sp³-hybridized carbons (Fsp3) is 0.0556. The molecule has 6 nitrogen and oxygen atoms in total. The average Bonchev–Trinajstić information content (AvgIpc) is 3.14. The van der Waals surface area contributed by atoms with E-state index in [4.69, 9.17) is 4.74 Å². The van der Waals surface area contributed by atoms with Crippen LogP contribution < -0.4 is 15.4 Å². The number of benzene rings is 2. The van der Waals surface area contributed by atoms with Gasteiger partial charge in [-0.1, -0.05) is 22.0 Å². The molecule has 2 N–H and O–H groups in total. The first-order valence-electron chi connectivity index (χ1n) is 7.80. The van der Waals surface area contributed by atoms with E-state index in [0.29, 0.717) is 31.1 Å². The van der Waals surface area contributed by atoms with E-state index in [-0.39, 0.29) is 18.4 Å². The topological polar surface area (TPSA) is 80.3 Å². The average molecular weight is 590 g/mol. The van der Waals surface area contributed by atoms with Gasteiger partial charge < -0.3 is 10.1 Å². The highest BCUT2D eigenvalue weighted by molar-refractivity contribution is 9.11. The van der Waals surface area contributed by atoms with E-state index in [0.717, 1.165) is 4.47 Å². The van der Waals surface area contributed by atoms with Crippen molar-refractivity contribution >= 4 is 81.8 Å². The van der Waals surface area contributed by atoms with Crippen molar-refractivity contribution in [1.29, 1.82) is 0 Å². The molecule has 0 aliphatic heterocycles. The van der Waals surface area contributed by atoms with Gasteiger partial charge in [-0.2, -0.15) is 0 Å². The van der Waals surface area contributed by atoms with Gasteiger partial charge in [-0.05, 0) is 62.2 Å². The standard InChI is InChI=1S/C18H12Br3N3O3S/c19-11-7-13(20)16(14(21)8-11)27-9-15(25)23-12-3-1-2-10(6-12)17(26)24-18-22-4-5-28-18/h1-8H,9H2,(H,23,25)(H,22,24,26). The fourth-order valence-corrected chi connectivity index (χ4v) is 5.21. The minimum absolute atomic E-state index is 0.186. The molecule has 0 bridgehead atoms. The Bertz CT molecular complexity index is 989. The first kappa shape index (κ1) is 21.0. The molecular weight excluding hydrogens is 578 g/mol. The highest BCUT2D eigenvalue weighted by Gasteiger charge is 2.12. The second-order valence-corrected chi connectivity index (χ2v) is 8.93. The number of amides is 2. The zero-order valence-corrected chi connectivity index (χ0v) is 19.6. The molecule has 0 aliphatic carbocycles. The molecule has 0 saturated carbocycles. The SMILES string of the molecule is O=C(COc1c(Br)cc(Br)cc1Br)Nc1cccc(C(=O)Nc2nccs2)c1. The molecule has 3 rings (SSSR count). The van der Waals surface area contributed by atoms with Gasteiger partial charge in [0.2, 0.25) is 0 Å². The van der Waals surface area contributed by atoms with Crippen LogP contribution in [0.5, 0.6) is 5.75 Å². The summed E-state index contributed by atoms with van der Waals surface area (Å²) in [5.74, 6) is -0.126. The van der Waals surface area contributed by atoms with Gasteiger partial charge in [0.1, 0.15) is 5.75 Å². The minimum atomic E-state index is -0.348. The fourth-order valence-electron chi connectivity index (χ4n) is 2.19. The van der Waals surface area contributed by atoms with E-state index >= 15 is 0 Å². The van der Waals surface area contributed by atoms with Crippen LogP contribution in [-0.4, -0.2) is 23.4 Å². The summed E-state index contributed by atoms with van der Waals surface area (Å²) in [6, 6.07) is 10.3. The molecule has 2 amide bonds. The van der Waals surface area contributed by atoms with Gasteiger partial charge in [0, 0.05) is 27.3 Å². The Kier molecular flexibility index (Phi) is 7.22. The number of hydrogen-bond acceptors (Lipinski definition) is 5. The molecule has 0 saturated heterocycles. The Balaban J connectivity index is 1.61. The highest BCUT2D eigenvalue weighted by Crippen LogP contribution is 2.36. The van der Waals surface area contributed by atoms with Crippen LogP contribution in [0, 0.1) is 0 Å². The van der Waals surface area contributed by atoms with E-state index in [1.165, 1.54) is 11.3 Å². The molecule has 0 aliphatic rings. The third-order valence-electron chi connectivity index (χ3n) is 3.37. The van der Waals surface area contributed by atoms with Crippen molar-refractivity contribution in [2.45, 2.75) is 0 Å². The third-order valence-corrected chi connectivity index (χ3v) is 5.70. The van der Waals surface area contributed by atoms with Crippen molar-refractivity contribution in [3.63, 3.8) is 0 Å². The first-order valence-corrected chi connectivity index (χ1v) is 11.1. The van der Waals surface area contributed by atoms with Crippen LogP contribution in [0.15, 0.2) is 61.4 Å². The monoisotopic (exact) mass is 587 g/mol. The molecule has 10 heteroatoms. The van der Waals surface area contributed by atoms with Crippen molar-refractivity contribution in [2.75, 3.05) is 17.2 Å². The first-order chi connectivity index (χ1) is 13.4. The van der Waals surface area contributed by atoms with E-state index in [1.54, 1.807) is 35.8 Å². The van der Waals surface area contributed by atoms with Crippen LogP contribution in [0.1, 0.15) is 10.4 Å². The van der Waals surface area contributed by atoms with Crippen LogP contribution >= 0.6 is 59.1 Å². The number of anilines is 2. The maximum Gasteiger partial charge on any atom is 0.262 e. The molecule has 1 aromatic heterocycles. The van der Waals surface area contributed by atoms with Crippen molar-refractivity contribution in [2.24, 2.45) is 0 Å². The highest BCUT2D eigenvalue weighted by atomic mass is 79.9. The van der Waals surface area contributed by atoms with Crippen molar-refractivity contribution in [3.8, 4) is 5.75 Å². The molecule has 1 heterocycles. The second kappa shape index (κ2) is 9.64. The van der Waals surface area contributed by atoms with Crippen molar-refractivity contribution < 1.29 is 14.3 Å². The zero-order chi connectivity index (χ0) is 20.1. The smallest absolute Gasteiger partial charge is 0.262 e. The van der Waals surface area contributed by atoms with Crippen molar-refractivity contribution in [1.82, 2.24) is 4.98 Å². The second-order valence-electron chi connectivity index (χ2n) is 5.41. The summed E-state index contributed by atoms with van der Waals surface area (Å²) in [6.45, 7) is -0.186. The predicted octanol–water partition coefficient (Wildman–Crippen LogP) is 5.70. The molecule has 0 fully saturated rings. The maximum atomic E-state index is 12.3. The van der Waals surface area contributed by atoms with Crippen LogP contribution in [0.25, 0.3) is 0 Å². The summed E-state index contributed by atoms with van der Waals surface area (Å²) in [7, 11) is 0. The van der Waals surface area contributed by atoms with Gasteiger partial charge in [-0.15, -0.1) is 11.3 Å². The quantitative estimate of drug-likeness (QED) is 0.387. The molecule has 0 unspecified atom stereocenters. The minimum Gasteiger partial charge on any atom is -0.481 e. The number of rotatable bonds is 6. The van der Waals surface area contributed by atoms with Gasteiger partial charge in [-0.25, -0.2) is 4.98 Å². The summed E-state index contributed by atoms with van der Waals surface area (Å²) >= 11 is 11.5. The van der Waals surface area contributed by atoms with Crippen LogP contribution in [0.2, 0.25) is 0 Å². The van der Waals surface area contributed by atoms with E-state index in [9.17, 15) is 9.59 Å². The number of carbonyl (C=O) groups is 2. The Morgan fingerprint density at radius 3 is 2.50 bits per heavy atom. The molecule has 28 heavy (non-hydrogen) atoms. The number of aromatic nitrogens is 1. The summed E-state index contributed by atoms with van der Waals surface area (Å²) in [5.41, 5.74) is 0.904. The van der Waals surface area contributed by atoms with E-state index < -0.39 is 0 Å². The van der Waals surface area contributed by atoms with Crippen molar-refractivity contribution in [3.05, 3.63) is 67.0 Å². The molecule has 144 valence electrons. The van der Waals surface area contributed by atoms with Gasteiger partial charge in [-0.3, -0.25) is 14.9 Å². The third kappa shape index (κ3) is 5.63. The Morgan fingerprint density at radius 1 is 1.07 bits per heavy atom. The summed E-state index contributed by atoms with van der Waals surface area (Å²) < 4.78 is 7.88.